The van der Waals surface area contributed by atoms with E-state index in [2.05, 4.69) is 6.07 Å². The Hall–Kier alpha value is -1.59. The van der Waals surface area contributed by atoms with Crippen molar-refractivity contribution in [1.29, 1.82) is 0 Å². The Morgan fingerprint density at radius 3 is 2.96 bits per heavy atom. The summed E-state index contributed by atoms with van der Waals surface area (Å²) in [4.78, 5) is 12.9. The highest BCUT2D eigenvalue weighted by Gasteiger charge is 2.81. The van der Waals surface area contributed by atoms with E-state index in [0.717, 1.165) is 36.8 Å². The Kier molecular flexibility index (Phi) is 2.45. The molecular formula is C20H22O5. The summed E-state index contributed by atoms with van der Waals surface area (Å²) in [5.41, 5.74) is 0.0314. The van der Waals surface area contributed by atoms with Gasteiger partial charge in [0.05, 0.1) is 18.6 Å². The average molecular weight is 342 g/mol. The van der Waals surface area contributed by atoms with E-state index in [4.69, 9.17) is 9.47 Å². The van der Waals surface area contributed by atoms with E-state index < -0.39 is 23.2 Å². The second-order valence-electron chi connectivity index (χ2n) is 8.58. The van der Waals surface area contributed by atoms with Crippen LogP contribution >= 0.6 is 0 Å². The number of aliphatic hydroxyl groups is 2. The van der Waals surface area contributed by atoms with Crippen molar-refractivity contribution in [2.75, 3.05) is 7.11 Å². The van der Waals surface area contributed by atoms with Crippen molar-refractivity contribution in [3.63, 3.8) is 0 Å². The molecule has 2 N–H and O–H groups in total. The van der Waals surface area contributed by atoms with Crippen molar-refractivity contribution in [3.05, 3.63) is 23.3 Å². The average Bonchev–Trinajstić information content (AvgIpc) is 3.23. The summed E-state index contributed by atoms with van der Waals surface area (Å²) >= 11 is 0. The highest BCUT2D eigenvalue weighted by atomic mass is 16.5. The first kappa shape index (κ1) is 14.6. The summed E-state index contributed by atoms with van der Waals surface area (Å²) in [6.07, 6.45) is 2.10. The zero-order chi connectivity index (χ0) is 17.1. The third-order valence-corrected chi connectivity index (χ3v) is 8.03. The maximum Gasteiger partial charge on any atom is 0.177 e. The molecule has 0 amide bonds. The van der Waals surface area contributed by atoms with Gasteiger partial charge >= 0.3 is 0 Å². The number of ether oxygens (including phenoxy) is 2. The molecule has 3 saturated carbocycles. The van der Waals surface area contributed by atoms with Crippen molar-refractivity contribution in [2.45, 2.75) is 55.3 Å². The van der Waals surface area contributed by atoms with Crippen molar-refractivity contribution in [2.24, 2.45) is 17.8 Å². The number of rotatable bonds is 1. The van der Waals surface area contributed by atoms with Gasteiger partial charge in [0.1, 0.15) is 5.60 Å². The van der Waals surface area contributed by atoms with Crippen LogP contribution in [0.3, 0.4) is 0 Å². The van der Waals surface area contributed by atoms with Crippen LogP contribution < -0.4 is 9.47 Å². The van der Waals surface area contributed by atoms with E-state index >= 15 is 0 Å². The van der Waals surface area contributed by atoms with Gasteiger partial charge in [0.2, 0.25) is 0 Å². The van der Waals surface area contributed by atoms with Gasteiger partial charge in [-0.25, -0.2) is 0 Å². The van der Waals surface area contributed by atoms with Crippen LogP contribution in [0.25, 0.3) is 0 Å². The van der Waals surface area contributed by atoms with Gasteiger partial charge in [-0.1, -0.05) is 6.07 Å². The largest absolute Gasteiger partial charge is 0.493 e. The van der Waals surface area contributed by atoms with Gasteiger partial charge in [0, 0.05) is 12.0 Å². The molecule has 3 fully saturated rings. The summed E-state index contributed by atoms with van der Waals surface area (Å²) in [6.45, 7) is 0. The van der Waals surface area contributed by atoms with Gasteiger partial charge in [-0.05, 0) is 55.1 Å². The smallest absolute Gasteiger partial charge is 0.177 e. The molecule has 1 aromatic carbocycles. The van der Waals surface area contributed by atoms with Crippen LogP contribution in [0.4, 0.5) is 0 Å². The number of ketones is 1. The molecule has 0 aromatic heterocycles. The summed E-state index contributed by atoms with van der Waals surface area (Å²) in [5, 5.41) is 22.8. The van der Waals surface area contributed by atoms with Gasteiger partial charge in [-0.2, -0.15) is 0 Å². The molecule has 25 heavy (non-hydrogen) atoms. The van der Waals surface area contributed by atoms with Gasteiger partial charge in [0.15, 0.2) is 23.4 Å². The number of Topliss-reactive ketones (excluding diaryl/α,β-unsaturated/α-hetero) is 1. The Morgan fingerprint density at radius 2 is 2.16 bits per heavy atom. The molecule has 1 aromatic rings. The molecule has 132 valence electrons. The van der Waals surface area contributed by atoms with Gasteiger partial charge < -0.3 is 19.7 Å². The maximum absolute atomic E-state index is 12.9. The zero-order valence-electron chi connectivity index (χ0n) is 14.2. The normalized spacial score (nSPS) is 48.1. The molecule has 5 heteroatoms. The number of hydrogen-bond donors (Lipinski definition) is 2. The van der Waals surface area contributed by atoms with Crippen LogP contribution in [0.1, 0.15) is 36.8 Å². The number of aliphatic hydroxyl groups excluding tert-OH is 1. The van der Waals surface area contributed by atoms with E-state index in [-0.39, 0.29) is 24.0 Å². The highest BCUT2D eigenvalue weighted by molar-refractivity contribution is 5.90. The Morgan fingerprint density at radius 1 is 1.32 bits per heavy atom. The fraction of sp³-hybridized carbons (Fsp3) is 0.650. The minimum atomic E-state index is -1.27. The number of aryl methyl sites for hydroxylation is 1. The predicted octanol–water partition coefficient (Wildman–Crippen LogP) is 1.36. The lowest BCUT2D eigenvalue weighted by atomic mass is 9.50. The highest BCUT2D eigenvalue weighted by Crippen LogP contribution is 2.74. The van der Waals surface area contributed by atoms with Crippen LogP contribution in [-0.4, -0.2) is 40.9 Å². The molecule has 5 aliphatic rings. The van der Waals surface area contributed by atoms with Gasteiger partial charge in [-0.15, -0.1) is 0 Å². The SMILES string of the molecule is COc1ccc2c3c1O[C@H]1C(=O)C[C@H](O)[C@@]4(O)[C@@H]5CC(CC2)C(C5)C314. The molecule has 3 unspecified atom stereocenters. The lowest BCUT2D eigenvalue weighted by Crippen LogP contribution is -2.72. The van der Waals surface area contributed by atoms with Gasteiger partial charge in [0.25, 0.3) is 0 Å². The molecule has 5 nitrogen and oxygen atoms in total. The molecule has 6 rings (SSSR count). The van der Waals surface area contributed by atoms with E-state index in [1.54, 1.807) is 7.11 Å². The Labute approximate surface area is 145 Å². The minimum absolute atomic E-state index is 0.0254. The van der Waals surface area contributed by atoms with E-state index in [9.17, 15) is 15.0 Å². The van der Waals surface area contributed by atoms with Crippen LogP contribution in [-0.2, 0) is 16.6 Å². The van der Waals surface area contributed by atoms with E-state index in [0.29, 0.717) is 17.4 Å². The molecule has 1 heterocycles. The summed E-state index contributed by atoms with van der Waals surface area (Å²) in [7, 11) is 1.60. The van der Waals surface area contributed by atoms with Crippen molar-refractivity contribution >= 4 is 5.78 Å². The van der Waals surface area contributed by atoms with E-state index in [1.165, 1.54) is 0 Å². The van der Waals surface area contributed by atoms with Crippen LogP contribution in [0.5, 0.6) is 11.5 Å². The molecule has 7 atom stereocenters. The number of benzene rings is 1. The number of carbonyl (C=O) groups is 1. The molecule has 0 saturated heterocycles. The summed E-state index contributed by atoms with van der Waals surface area (Å²) < 4.78 is 11.7. The topological polar surface area (TPSA) is 76.0 Å². The van der Waals surface area contributed by atoms with Crippen LogP contribution in [0.15, 0.2) is 12.1 Å². The summed E-state index contributed by atoms with van der Waals surface area (Å²) in [6, 6.07) is 3.96. The van der Waals surface area contributed by atoms with Crippen molar-refractivity contribution in [1.82, 2.24) is 0 Å². The quantitative estimate of drug-likeness (QED) is 0.806. The number of carbonyl (C=O) groups excluding carboxylic acids is 1. The second kappa shape index (κ2) is 4.21. The Bertz CT molecular complexity index is 819. The minimum Gasteiger partial charge on any atom is -0.493 e. The first-order valence-electron chi connectivity index (χ1n) is 9.33. The van der Waals surface area contributed by atoms with Crippen LogP contribution in [0, 0.1) is 17.8 Å². The van der Waals surface area contributed by atoms with Crippen molar-refractivity contribution in [3.8, 4) is 11.5 Å². The fourth-order valence-electron chi connectivity index (χ4n) is 7.33. The van der Waals surface area contributed by atoms with Crippen molar-refractivity contribution < 1.29 is 24.5 Å². The molecule has 4 aliphatic carbocycles. The number of hydrogen-bond acceptors (Lipinski definition) is 5. The summed E-state index contributed by atoms with van der Waals surface area (Å²) in [5.74, 6) is 1.88. The Balaban J connectivity index is 1.74. The molecule has 0 radical (unpaired) electrons. The third kappa shape index (κ3) is 1.28. The lowest BCUT2D eigenvalue weighted by molar-refractivity contribution is -0.203. The monoisotopic (exact) mass is 342 g/mol. The standard InChI is InChI=1S/C20H22O5/c1-24-14-5-4-9-2-3-10-6-11-7-12(10)19-16(9)17(14)25-18(19)13(21)8-15(22)20(11,19)23/h4-5,10-12,15,18,22-23H,2-3,6-8H2,1H3/t10?,11-,12?,15+,18+,19?,20+/m1/s1. The first-order valence-corrected chi connectivity index (χ1v) is 9.33. The molecule has 2 bridgehead atoms. The van der Waals surface area contributed by atoms with Gasteiger partial charge in [-0.3, -0.25) is 4.79 Å². The lowest BCUT2D eigenvalue weighted by Gasteiger charge is -2.56. The molecule has 1 aliphatic heterocycles. The van der Waals surface area contributed by atoms with E-state index in [1.807, 2.05) is 6.07 Å². The molecular weight excluding hydrogens is 320 g/mol. The number of fused-ring (bicyclic) bond motifs is 2. The third-order valence-electron chi connectivity index (χ3n) is 8.03. The fourth-order valence-corrected chi connectivity index (χ4v) is 7.33. The first-order chi connectivity index (χ1) is 12.0. The number of methoxy groups -OCH3 is 1. The molecule has 1 spiro atoms. The predicted molar refractivity (Wildman–Crippen MR) is 87.7 cm³/mol. The van der Waals surface area contributed by atoms with Crippen LogP contribution in [0.2, 0.25) is 0 Å². The second-order valence-corrected chi connectivity index (χ2v) is 8.58. The maximum atomic E-state index is 12.9. The zero-order valence-corrected chi connectivity index (χ0v) is 14.2.